The van der Waals surface area contributed by atoms with Crippen LogP contribution in [0.2, 0.25) is 18.1 Å². The fourth-order valence-corrected chi connectivity index (χ4v) is 4.41. The van der Waals surface area contributed by atoms with Gasteiger partial charge in [-0.25, -0.2) is 0 Å². The number of carbonyl (C=O) groups excluding carboxylic acids is 1. The van der Waals surface area contributed by atoms with Crippen LogP contribution in [0.15, 0.2) is 0 Å². The van der Waals surface area contributed by atoms with Gasteiger partial charge in [-0.2, -0.15) is 0 Å². The minimum absolute atomic E-state index is 0.0530. The first-order valence-corrected chi connectivity index (χ1v) is 8.84. The molecular formula is C12H26O2Si. The summed E-state index contributed by atoms with van der Waals surface area (Å²) in [6.45, 7) is 10.6. The summed E-state index contributed by atoms with van der Waals surface area (Å²) < 4.78 is 5.83. The quantitative estimate of drug-likeness (QED) is 0.619. The van der Waals surface area contributed by atoms with Gasteiger partial charge in [0.15, 0.2) is 0 Å². The second-order valence-corrected chi connectivity index (χ2v) is 8.87. The topological polar surface area (TPSA) is 26.3 Å². The fourth-order valence-electron chi connectivity index (χ4n) is 1.89. The van der Waals surface area contributed by atoms with Crippen molar-refractivity contribution in [3.05, 3.63) is 0 Å². The first-order chi connectivity index (χ1) is 7.09. The summed E-state index contributed by atoms with van der Waals surface area (Å²) >= 11 is 0. The largest absolute Gasteiger partial charge is 0.519 e. The van der Waals surface area contributed by atoms with Gasteiger partial charge in [0.25, 0.3) is 14.3 Å². The monoisotopic (exact) mass is 230 g/mol. The SMILES string of the molecule is CCC(CC)C(=O)O[Si](CC)(CC)CC. The molecule has 0 saturated carbocycles. The predicted molar refractivity (Wildman–Crippen MR) is 67.4 cm³/mol. The van der Waals surface area contributed by atoms with Crippen LogP contribution in [0.3, 0.4) is 0 Å². The molecule has 0 aliphatic rings. The summed E-state index contributed by atoms with van der Waals surface area (Å²) in [5, 5.41) is 0. The maximum absolute atomic E-state index is 11.9. The zero-order valence-corrected chi connectivity index (χ0v) is 11.9. The second-order valence-electron chi connectivity index (χ2n) is 4.18. The predicted octanol–water partition coefficient (Wildman–Crippen LogP) is 3.97. The standard InChI is InChI=1S/C12H26O2Si/c1-6-11(7-2)12(13)14-15(8-3,9-4)10-5/h11H,6-10H2,1-5H3. The van der Waals surface area contributed by atoms with E-state index in [4.69, 9.17) is 4.43 Å². The van der Waals surface area contributed by atoms with Crippen LogP contribution >= 0.6 is 0 Å². The van der Waals surface area contributed by atoms with E-state index in [-0.39, 0.29) is 11.9 Å². The van der Waals surface area contributed by atoms with Gasteiger partial charge in [0, 0.05) is 0 Å². The smallest absolute Gasteiger partial charge is 0.295 e. The highest BCUT2D eigenvalue weighted by atomic mass is 28.4. The van der Waals surface area contributed by atoms with E-state index in [0.29, 0.717) is 0 Å². The summed E-state index contributed by atoms with van der Waals surface area (Å²) in [5.74, 6) is 0.166. The van der Waals surface area contributed by atoms with Crippen LogP contribution < -0.4 is 0 Å². The van der Waals surface area contributed by atoms with Gasteiger partial charge in [0.2, 0.25) is 0 Å². The van der Waals surface area contributed by atoms with Crippen LogP contribution in [0.4, 0.5) is 0 Å². The molecule has 0 bridgehead atoms. The van der Waals surface area contributed by atoms with Crippen molar-refractivity contribution >= 4 is 14.3 Å². The Hall–Kier alpha value is -0.313. The molecule has 0 fully saturated rings. The molecule has 0 radical (unpaired) electrons. The Balaban J connectivity index is 4.46. The third kappa shape index (κ3) is 3.97. The molecule has 0 spiro atoms. The molecule has 0 aromatic heterocycles. The molecule has 0 aliphatic heterocycles. The molecule has 0 N–H and O–H groups in total. The van der Waals surface area contributed by atoms with E-state index >= 15 is 0 Å². The van der Waals surface area contributed by atoms with Crippen molar-refractivity contribution in [1.82, 2.24) is 0 Å². The van der Waals surface area contributed by atoms with E-state index in [1.807, 2.05) is 0 Å². The molecule has 0 aromatic rings. The Morgan fingerprint density at radius 2 is 1.40 bits per heavy atom. The number of hydrogen-bond acceptors (Lipinski definition) is 2. The molecule has 0 saturated heterocycles. The van der Waals surface area contributed by atoms with Crippen LogP contribution in [-0.4, -0.2) is 14.3 Å². The van der Waals surface area contributed by atoms with Gasteiger partial charge >= 0.3 is 0 Å². The number of hydrogen-bond donors (Lipinski definition) is 0. The highest BCUT2D eigenvalue weighted by Crippen LogP contribution is 2.24. The van der Waals surface area contributed by atoms with Crippen LogP contribution in [0, 0.1) is 5.92 Å². The molecule has 0 aliphatic carbocycles. The van der Waals surface area contributed by atoms with E-state index in [1.54, 1.807) is 0 Å². The molecule has 15 heavy (non-hydrogen) atoms. The molecule has 0 unspecified atom stereocenters. The lowest BCUT2D eigenvalue weighted by Crippen LogP contribution is -2.40. The van der Waals surface area contributed by atoms with Crippen LogP contribution in [0.25, 0.3) is 0 Å². The van der Waals surface area contributed by atoms with Crippen molar-refractivity contribution in [3.8, 4) is 0 Å². The summed E-state index contributed by atoms with van der Waals surface area (Å²) in [7, 11) is -1.73. The van der Waals surface area contributed by atoms with E-state index in [9.17, 15) is 4.79 Å². The van der Waals surface area contributed by atoms with Gasteiger partial charge in [0.1, 0.15) is 0 Å². The Labute approximate surface area is 95.5 Å². The second kappa shape index (κ2) is 7.04. The normalized spacial score (nSPS) is 11.9. The van der Waals surface area contributed by atoms with Crippen molar-refractivity contribution in [2.24, 2.45) is 5.92 Å². The summed E-state index contributed by atoms with van der Waals surface area (Å²) in [6, 6.07) is 3.14. The third-order valence-corrected chi connectivity index (χ3v) is 8.07. The average molecular weight is 230 g/mol. The molecular weight excluding hydrogens is 204 g/mol. The van der Waals surface area contributed by atoms with Gasteiger partial charge in [-0.3, -0.25) is 4.79 Å². The molecule has 0 atom stereocenters. The van der Waals surface area contributed by atoms with Crippen molar-refractivity contribution in [3.63, 3.8) is 0 Å². The number of carbonyl (C=O) groups is 1. The van der Waals surface area contributed by atoms with Crippen LogP contribution in [0.5, 0.6) is 0 Å². The lowest BCUT2D eigenvalue weighted by atomic mass is 10.0. The minimum atomic E-state index is -1.73. The maximum Gasteiger partial charge on any atom is 0.295 e. The van der Waals surface area contributed by atoms with Crippen LogP contribution in [0.1, 0.15) is 47.5 Å². The summed E-state index contributed by atoms with van der Waals surface area (Å²) in [6.07, 6.45) is 1.80. The molecule has 0 aromatic carbocycles. The summed E-state index contributed by atoms with van der Waals surface area (Å²) in [5.41, 5.74) is 0. The van der Waals surface area contributed by atoms with E-state index < -0.39 is 8.32 Å². The van der Waals surface area contributed by atoms with Gasteiger partial charge in [-0.05, 0) is 31.0 Å². The van der Waals surface area contributed by atoms with Crippen molar-refractivity contribution in [1.29, 1.82) is 0 Å². The number of rotatable bonds is 7. The molecule has 2 nitrogen and oxygen atoms in total. The van der Waals surface area contributed by atoms with Crippen LogP contribution in [-0.2, 0) is 9.22 Å². The molecule has 90 valence electrons. The van der Waals surface area contributed by atoms with E-state index in [1.165, 1.54) is 0 Å². The lowest BCUT2D eigenvalue weighted by Gasteiger charge is -2.29. The zero-order valence-electron chi connectivity index (χ0n) is 10.9. The van der Waals surface area contributed by atoms with Gasteiger partial charge in [-0.15, -0.1) is 0 Å². The molecule has 0 rings (SSSR count). The summed E-state index contributed by atoms with van der Waals surface area (Å²) in [4.78, 5) is 11.9. The maximum atomic E-state index is 11.9. The Kier molecular flexibility index (Phi) is 6.90. The average Bonchev–Trinajstić information content (AvgIpc) is 2.28. The van der Waals surface area contributed by atoms with Gasteiger partial charge in [0.05, 0.1) is 5.92 Å². The van der Waals surface area contributed by atoms with Crippen molar-refractivity contribution in [2.45, 2.75) is 65.6 Å². The van der Waals surface area contributed by atoms with Gasteiger partial charge in [-0.1, -0.05) is 34.6 Å². The Morgan fingerprint density at radius 1 is 1.00 bits per heavy atom. The zero-order chi connectivity index (χ0) is 11.9. The van der Waals surface area contributed by atoms with Crippen molar-refractivity contribution < 1.29 is 9.22 Å². The fraction of sp³-hybridized carbons (Fsp3) is 0.917. The molecule has 0 heterocycles. The first-order valence-electron chi connectivity index (χ1n) is 6.31. The Morgan fingerprint density at radius 3 is 1.67 bits per heavy atom. The highest BCUT2D eigenvalue weighted by molar-refractivity contribution is 6.74. The van der Waals surface area contributed by atoms with E-state index in [0.717, 1.165) is 31.0 Å². The highest BCUT2D eigenvalue weighted by Gasteiger charge is 2.34. The first kappa shape index (κ1) is 14.7. The molecule has 0 amide bonds. The Bertz CT molecular complexity index is 176. The minimum Gasteiger partial charge on any atom is -0.519 e. The van der Waals surface area contributed by atoms with E-state index in [2.05, 4.69) is 34.6 Å². The lowest BCUT2D eigenvalue weighted by molar-refractivity contribution is -0.140. The van der Waals surface area contributed by atoms with Crippen molar-refractivity contribution in [2.75, 3.05) is 0 Å². The van der Waals surface area contributed by atoms with Gasteiger partial charge < -0.3 is 4.43 Å². The molecule has 3 heteroatoms. The third-order valence-electron chi connectivity index (χ3n) is 3.57.